The van der Waals surface area contributed by atoms with Gasteiger partial charge in [0.1, 0.15) is 0 Å². The first kappa shape index (κ1) is 29.3. The summed E-state index contributed by atoms with van der Waals surface area (Å²) in [5.41, 5.74) is 12.5. The third kappa shape index (κ3) is 4.02. The highest BCUT2D eigenvalue weighted by Crippen LogP contribution is 2.47. The minimum atomic E-state index is 0.857. The normalized spacial score (nSPS) is 12.1. The smallest absolute Gasteiger partial charge is 0.0973 e. The predicted octanol–water partition coefficient (Wildman–Crippen LogP) is 12.9. The summed E-state index contributed by atoms with van der Waals surface area (Å²) >= 11 is 0. The molecule has 0 atom stereocenters. The van der Waals surface area contributed by atoms with Crippen LogP contribution in [0.4, 0.5) is 0 Å². The molecule has 0 radical (unpaired) electrons. The highest BCUT2D eigenvalue weighted by Gasteiger charge is 2.24. The van der Waals surface area contributed by atoms with Gasteiger partial charge in [0.05, 0.1) is 44.5 Å². The number of hydrogen-bond donors (Lipinski definition) is 0. The standard InChI is InChI=1S/C50H30N4/c1-4-14-31(15-5-1)49-50(32-16-6-2-7-17-32)52-40-30-34(26-27-39(40)51-49)54-42-25-13-23-38-36-21-11-10-20-35(36)37-22-12-24-41-45(37)47-43(28-29-44(54)48(47)46(38)42)53(41)33-18-8-3-9-19-33/h1-30H. The molecule has 54 heavy (non-hydrogen) atoms. The SMILES string of the molecule is c1ccc(-c2nc3ccc(-n4c5cccc6c7ccccc7c7cccc8c7c7c(c65)c4ccc7n8-c4ccccc4)cc3nc2-c2ccccc2)cc1. The molecule has 0 aliphatic carbocycles. The van der Waals surface area contributed by atoms with Crippen LogP contribution in [0, 0.1) is 0 Å². The monoisotopic (exact) mass is 686 g/mol. The molecule has 0 spiro atoms. The number of para-hydroxylation sites is 1. The molecule has 0 saturated carbocycles. The third-order valence-corrected chi connectivity index (χ3v) is 11.2. The van der Waals surface area contributed by atoms with Gasteiger partial charge in [0.15, 0.2) is 0 Å². The first-order valence-corrected chi connectivity index (χ1v) is 18.4. The van der Waals surface area contributed by atoms with Crippen LogP contribution in [0.25, 0.3) is 110 Å². The van der Waals surface area contributed by atoms with E-state index in [1.165, 1.54) is 65.2 Å². The van der Waals surface area contributed by atoms with Crippen LogP contribution >= 0.6 is 0 Å². The summed E-state index contributed by atoms with van der Waals surface area (Å²) in [5.74, 6) is 0. The predicted molar refractivity (Wildman–Crippen MR) is 225 cm³/mol. The van der Waals surface area contributed by atoms with Gasteiger partial charge >= 0.3 is 0 Å². The Morgan fingerprint density at radius 2 is 0.741 bits per heavy atom. The van der Waals surface area contributed by atoms with Crippen molar-refractivity contribution in [2.45, 2.75) is 0 Å². The number of benzene rings is 8. The van der Waals surface area contributed by atoms with Crippen molar-refractivity contribution in [2.24, 2.45) is 0 Å². The Kier molecular flexibility index (Phi) is 6.02. The number of nitrogens with zero attached hydrogens (tertiary/aromatic N) is 4. The first-order chi connectivity index (χ1) is 26.8. The van der Waals surface area contributed by atoms with Gasteiger partial charge in [0.25, 0.3) is 0 Å². The van der Waals surface area contributed by atoms with Gasteiger partial charge in [-0.25, -0.2) is 9.97 Å². The summed E-state index contributed by atoms with van der Waals surface area (Å²) < 4.78 is 4.87. The fourth-order valence-corrected chi connectivity index (χ4v) is 9.01. The van der Waals surface area contributed by atoms with Gasteiger partial charge in [-0.05, 0) is 76.1 Å². The number of hydrogen-bond acceptors (Lipinski definition) is 2. The molecule has 3 heterocycles. The van der Waals surface area contributed by atoms with E-state index in [4.69, 9.17) is 9.97 Å². The van der Waals surface area contributed by atoms with Crippen molar-refractivity contribution in [3.63, 3.8) is 0 Å². The highest BCUT2D eigenvalue weighted by molar-refractivity contribution is 6.39. The molecule has 0 aliphatic rings. The van der Waals surface area contributed by atoms with Crippen LogP contribution in [0.15, 0.2) is 182 Å². The van der Waals surface area contributed by atoms with E-state index in [0.717, 1.165) is 44.9 Å². The lowest BCUT2D eigenvalue weighted by Crippen LogP contribution is -1.98. The molecule has 4 heteroatoms. The number of rotatable bonds is 4. The minimum absolute atomic E-state index is 0.857. The zero-order valence-electron chi connectivity index (χ0n) is 29.1. The van der Waals surface area contributed by atoms with Crippen molar-refractivity contribution in [3.05, 3.63) is 182 Å². The lowest BCUT2D eigenvalue weighted by Gasteiger charge is -2.13. The molecule has 12 aromatic rings. The van der Waals surface area contributed by atoms with E-state index in [1.807, 2.05) is 12.1 Å². The molecule has 12 rings (SSSR count). The maximum absolute atomic E-state index is 5.37. The first-order valence-electron chi connectivity index (χ1n) is 18.4. The van der Waals surface area contributed by atoms with Crippen molar-refractivity contribution in [2.75, 3.05) is 0 Å². The number of fused-ring (bicyclic) bond motifs is 4. The molecule has 250 valence electrons. The van der Waals surface area contributed by atoms with Crippen LogP contribution in [0.1, 0.15) is 0 Å². The third-order valence-electron chi connectivity index (χ3n) is 11.2. The van der Waals surface area contributed by atoms with E-state index in [2.05, 4.69) is 179 Å². The second-order valence-electron chi connectivity index (χ2n) is 14.1. The van der Waals surface area contributed by atoms with Crippen molar-refractivity contribution < 1.29 is 0 Å². The van der Waals surface area contributed by atoms with Crippen molar-refractivity contribution in [1.82, 2.24) is 19.1 Å². The Balaban J connectivity index is 1.23. The molecule has 0 N–H and O–H groups in total. The summed E-state index contributed by atoms with van der Waals surface area (Å²) in [5, 5.41) is 10.1. The summed E-state index contributed by atoms with van der Waals surface area (Å²) in [6.45, 7) is 0. The van der Waals surface area contributed by atoms with E-state index in [9.17, 15) is 0 Å². The fraction of sp³-hybridized carbons (Fsp3) is 0. The zero-order chi connectivity index (χ0) is 35.3. The topological polar surface area (TPSA) is 35.6 Å². The van der Waals surface area contributed by atoms with Crippen LogP contribution in [0.5, 0.6) is 0 Å². The molecule has 0 saturated heterocycles. The Morgan fingerprint density at radius 3 is 1.30 bits per heavy atom. The Hall–Kier alpha value is -7.30. The maximum Gasteiger partial charge on any atom is 0.0973 e. The van der Waals surface area contributed by atoms with Crippen molar-refractivity contribution in [1.29, 1.82) is 0 Å². The van der Waals surface area contributed by atoms with Gasteiger partial charge in [-0.3, -0.25) is 0 Å². The molecular weight excluding hydrogens is 657 g/mol. The van der Waals surface area contributed by atoms with Crippen molar-refractivity contribution in [3.8, 4) is 33.9 Å². The molecular formula is C50H30N4. The fourth-order valence-electron chi connectivity index (χ4n) is 9.01. The molecule has 3 aromatic heterocycles. The lowest BCUT2D eigenvalue weighted by molar-refractivity contribution is 1.17. The quantitative estimate of drug-likeness (QED) is 0.185. The second-order valence-corrected chi connectivity index (χ2v) is 14.1. The Morgan fingerprint density at radius 1 is 0.296 bits per heavy atom. The molecule has 9 aromatic carbocycles. The molecule has 0 fully saturated rings. The Labute approximate surface area is 310 Å². The largest absolute Gasteiger partial charge is 0.309 e. The average molecular weight is 687 g/mol. The van der Waals surface area contributed by atoms with Crippen LogP contribution < -0.4 is 0 Å². The van der Waals surface area contributed by atoms with Crippen LogP contribution in [-0.4, -0.2) is 19.1 Å². The Bertz CT molecular complexity index is 3410. The summed E-state index contributed by atoms with van der Waals surface area (Å²) in [6, 6.07) is 65.2. The van der Waals surface area contributed by atoms with Crippen molar-refractivity contribution >= 4 is 76.2 Å². The van der Waals surface area contributed by atoms with E-state index in [0.29, 0.717) is 0 Å². The van der Waals surface area contributed by atoms with Gasteiger partial charge in [0.2, 0.25) is 0 Å². The summed E-state index contributed by atoms with van der Waals surface area (Å²) in [7, 11) is 0. The molecule has 0 aliphatic heterocycles. The van der Waals surface area contributed by atoms with Crippen LogP contribution in [-0.2, 0) is 0 Å². The second kappa shape index (κ2) is 11.1. The number of aromatic nitrogens is 4. The maximum atomic E-state index is 5.37. The van der Waals surface area contributed by atoms with E-state index in [1.54, 1.807) is 0 Å². The zero-order valence-corrected chi connectivity index (χ0v) is 29.1. The van der Waals surface area contributed by atoms with Gasteiger partial charge in [-0.2, -0.15) is 0 Å². The molecule has 4 nitrogen and oxygen atoms in total. The highest BCUT2D eigenvalue weighted by atomic mass is 15.0. The van der Waals surface area contributed by atoms with Gasteiger partial charge in [-0.15, -0.1) is 0 Å². The van der Waals surface area contributed by atoms with Gasteiger partial charge in [0, 0.05) is 44.0 Å². The molecule has 0 bridgehead atoms. The van der Waals surface area contributed by atoms with Gasteiger partial charge in [-0.1, -0.05) is 127 Å². The summed E-state index contributed by atoms with van der Waals surface area (Å²) in [4.78, 5) is 10.6. The van der Waals surface area contributed by atoms with Crippen LogP contribution in [0.3, 0.4) is 0 Å². The average Bonchev–Trinajstić information content (AvgIpc) is 3.76. The summed E-state index contributed by atoms with van der Waals surface area (Å²) in [6.07, 6.45) is 0. The minimum Gasteiger partial charge on any atom is -0.309 e. The lowest BCUT2D eigenvalue weighted by atomic mass is 9.95. The van der Waals surface area contributed by atoms with E-state index in [-0.39, 0.29) is 0 Å². The molecule has 0 amide bonds. The van der Waals surface area contributed by atoms with E-state index >= 15 is 0 Å². The van der Waals surface area contributed by atoms with Gasteiger partial charge < -0.3 is 9.13 Å². The molecule has 0 unspecified atom stereocenters. The van der Waals surface area contributed by atoms with E-state index < -0.39 is 0 Å². The van der Waals surface area contributed by atoms with Crippen LogP contribution in [0.2, 0.25) is 0 Å².